The van der Waals surface area contributed by atoms with Crippen LogP contribution in [0.1, 0.15) is 24.0 Å². The molecule has 6 rings (SSSR count). The van der Waals surface area contributed by atoms with Crippen LogP contribution in [-0.2, 0) is 5.41 Å². The molecule has 9 heteroatoms. The zero-order valence-corrected chi connectivity index (χ0v) is 19.8. The average molecular weight is 491 g/mol. The van der Waals surface area contributed by atoms with Gasteiger partial charge in [0.15, 0.2) is 5.84 Å². The van der Waals surface area contributed by atoms with Crippen LogP contribution in [0.5, 0.6) is 0 Å². The van der Waals surface area contributed by atoms with Crippen LogP contribution in [0.3, 0.4) is 0 Å². The maximum atomic E-state index is 15.1. The standard InChI is InChI=1S/C28H23FN8/c1-17-33-16-25(19-4-7-22(23(29)14-19)20-5-9-26(30)34-15-20)36-37(17)27(35-31)28(10-11-28)21-6-8-24-18(13-21)3-2-12-32-24/h2-9,12-16H,1,10-11,31H2,(H2,30,34)/b35-27-. The van der Waals surface area contributed by atoms with Gasteiger partial charge in [0.25, 0.3) is 0 Å². The van der Waals surface area contributed by atoms with Crippen LogP contribution in [-0.4, -0.2) is 32.7 Å². The summed E-state index contributed by atoms with van der Waals surface area (Å²) in [4.78, 5) is 12.9. The van der Waals surface area contributed by atoms with Crippen LogP contribution in [0.25, 0.3) is 22.0 Å². The molecule has 0 radical (unpaired) electrons. The summed E-state index contributed by atoms with van der Waals surface area (Å²) in [7, 11) is 0. The van der Waals surface area contributed by atoms with Crippen LogP contribution < -0.4 is 11.6 Å². The second kappa shape index (κ2) is 8.63. The lowest BCUT2D eigenvalue weighted by Crippen LogP contribution is -2.38. The minimum Gasteiger partial charge on any atom is -0.384 e. The number of hydrogen-bond donors (Lipinski definition) is 2. The second-order valence-corrected chi connectivity index (χ2v) is 9.08. The van der Waals surface area contributed by atoms with E-state index in [1.165, 1.54) is 6.07 Å². The topological polar surface area (TPSA) is 118 Å². The molecule has 8 nitrogen and oxygen atoms in total. The van der Waals surface area contributed by atoms with Gasteiger partial charge < -0.3 is 11.6 Å². The largest absolute Gasteiger partial charge is 0.384 e. The SMILES string of the molecule is C=C1N=CC(c2ccc(-c3ccc(N)nc3)c(F)c2)=NN1/C(=N\N)C1(c2ccc3ncccc3c2)CC1. The molecule has 1 aliphatic heterocycles. The number of nitrogen functional groups attached to an aromatic ring is 1. The molecule has 182 valence electrons. The molecule has 4 N–H and O–H groups in total. The van der Waals surface area contributed by atoms with Gasteiger partial charge in [-0.05, 0) is 54.8 Å². The third-order valence-corrected chi connectivity index (χ3v) is 6.81. The van der Waals surface area contributed by atoms with E-state index in [2.05, 4.69) is 32.7 Å². The van der Waals surface area contributed by atoms with Gasteiger partial charge >= 0.3 is 0 Å². The average Bonchev–Trinajstić information content (AvgIpc) is 3.72. The quantitative estimate of drug-likeness (QED) is 0.188. The summed E-state index contributed by atoms with van der Waals surface area (Å²) < 4.78 is 15.1. The Morgan fingerprint density at radius 1 is 1.03 bits per heavy atom. The van der Waals surface area contributed by atoms with E-state index >= 15 is 4.39 Å². The van der Waals surface area contributed by atoms with Crippen molar-refractivity contribution in [2.24, 2.45) is 21.0 Å². The minimum absolute atomic E-state index is 0.375. The van der Waals surface area contributed by atoms with E-state index in [9.17, 15) is 0 Å². The monoisotopic (exact) mass is 490 g/mol. The summed E-state index contributed by atoms with van der Waals surface area (Å²) in [6, 6.07) is 18.4. The van der Waals surface area contributed by atoms with Gasteiger partial charge in [-0.1, -0.05) is 30.8 Å². The van der Waals surface area contributed by atoms with Gasteiger partial charge in [-0.2, -0.15) is 15.2 Å². The van der Waals surface area contributed by atoms with E-state index in [-0.39, 0.29) is 0 Å². The number of nitrogens with two attached hydrogens (primary N) is 2. The lowest BCUT2D eigenvalue weighted by molar-refractivity contribution is 0.513. The molecule has 2 aromatic carbocycles. The lowest BCUT2D eigenvalue weighted by Gasteiger charge is -2.29. The number of hydrazone groups is 2. The summed E-state index contributed by atoms with van der Waals surface area (Å²) >= 11 is 0. The first kappa shape index (κ1) is 22.5. The predicted octanol–water partition coefficient (Wildman–Crippen LogP) is 4.58. The fraction of sp³-hybridized carbons (Fsp3) is 0.107. The van der Waals surface area contributed by atoms with Crippen molar-refractivity contribution in [1.82, 2.24) is 15.0 Å². The number of amidine groups is 1. The molecule has 0 saturated heterocycles. The number of anilines is 1. The molecule has 37 heavy (non-hydrogen) atoms. The van der Waals surface area contributed by atoms with Crippen molar-refractivity contribution in [3.8, 4) is 11.1 Å². The van der Waals surface area contributed by atoms with Crippen LogP contribution in [0.2, 0.25) is 0 Å². The minimum atomic E-state index is -0.416. The lowest BCUT2D eigenvalue weighted by atomic mass is 9.92. The molecule has 4 aromatic rings. The third-order valence-electron chi connectivity index (χ3n) is 6.81. The van der Waals surface area contributed by atoms with Crippen molar-refractivity contribution in [2.75, 3.05) is 5.73 Å². The zero-order chi connectivity index (χ0) is 25.6. The Hall–Kier alpha value is -4.92. The molecule has 0 spiro atoms. The van der Waals surface area contributed by atoms with Gasteiger partial charge in [0.1, 0.15) is 23.2 Å². The van der Waals surface area contributed by atoms with E-state index in [4.69, 9.17) is 16.7 Å². The number of nitrogens with zero attached hydrogens (tertiary/aromatic N) is 6. The number of pyridine rings is 2. The van der Waals surface area contributed by atoms with E-state index in [0.29, 0.717) is 39.9 Å². The summed E-state index contributed by atoms with van der Waals surface area (Å²) in [6.45, 7) is 4.04. The van der Waals surface area contributed by atoms with Crippen LogP contribution in [0, 0.1) is 5.82 Å². The van der Waals surface area contributed by atoms with Crippen molar-refractivity contribution in [2.45, 2.75) is 18.3 Å². The zero-order valence-electron chi connectivity index (χ0n) is 19.8. The van der Waals surface area contributed by atoms with Crippen molar-refractivity contribution < 1.29 is 4.39 Å². The van der Waals surface area contributed by atoms with Crippen molar-refractivity contribution >= 4 is 34.5 Å². The molecule has 0 atom stereocenters. The molecule has 1 aliphatic carbocycles. The fourth-order valence-corrected chi connectivity index (χ4v) is 4.68. The number of aliphatic imine (C=N–C) groups is 1. The van der Waals surface area contributed by atoms with Crippen LogP contribution in [0.15, 0.2) is 101 Å². The normalized spacial score (nSPS) is 16.7. The first-order valence-corrected chi connectivity index (χ1v) is 11.8. The molecule has 2 aromatic heterocycles. The summed E-state index contributed by atoms with van der Waals surface area (Å²) in [5.41, 5.74) is 9.30. The molecule has 2 aliphatic rings. The number of aromatic nitrogens is 2. The highest BCUT2D eigenvalue weighted by atomic mass is 19.1. The molecule has 0 amide bonds. The fourth-order valence-electron chi connectivity index (χ4n) is 4.68. The Balaban J connectivity index is 1.34. The Bertz CT molecular complexity index is 1630. The molecule has 0 unspecified atom stereocenters. The first-order chi connectivity index (χ1) is 18.0. The van der Waals surface area contributed by atoms with Gasteiger partial charge in [0, 0.05) is 34.5 Å². The summed E-state index contributed by atoms with van der Waals surface area (Å²) in [6.07, 6.45) is 6.59. The van der Waals surface area contributed by atoms with Crippen molar-refractivity contribution in [3.05, 3.63) is 102 Å². The van der Waals surface area contributed by atoms with E-state index in [0.717, 1.165) is 29.3 Å². The van der Waals surface area contributed by atoms with Gasteiger partial charge in [-0.3, -0.25) is 4.98 Å². The molecule has 0 bridgehead atoms. The van der Waals surface area contributed by atoms with E-state index in [1.807, 2.05) is 24.3 Å². The number of fused-ring (bicyclic) bond motifs is 1. The predicted molar refractivity (Wildman–Crippen MR) is 144 cm³/mol. The van der Waals surface area contributed by atoms with Gasteiger partial charge in [-0.25, -0.2) is 14.4 Å². The molecular formula is C28H23FN8. The Kier molecular flexibility index (Phi) is 5.26. The Morgan fingerprint density at radius 2 is 1.86 bits per heavy atom. The highest BCUT2D eigenvalue weighted by molar-refractivity contribution is 6.39. The van der Waals surface area contributed by atoms with Crippen LogP contribution >= 0.6 is 0 Å². The van der Waals surface area contributed by atoms with Crippen molar-refractivity contribution in [3.63, 3.8) is 0 Å². The van der Waals surface area contributed by atoms with Crippen molar-refractivity contribution in [1.29, 1.82) is 0 Å². The summed E-state index contributed by atoms with van der Waals surface area (Å²) in [5.74, 6) is 6.83. The maximum Gasteiger partial charge on any atom is 0.162 e. The Labute approximate surface area is 212 Å². The number of rotatable bonds is 4. The van der Waals surface area contributed by atoms with E-state index < -0.39 is 11.2 Å². The third kappa shape index (κ3) is 3.90. The highest BCUT2D eigenvalue weighted by Gasteiger charge is 2.52. The second-order valence-electron chi connectivity index (χ2n) is 9.08. The van der Waals surface area contributed by atoms with Gasteiger partial charge in [0.05, 0.1) is 17.1 Å². The number of hydrogen-bond acceptors (Lipinski definition) is 7. The Morgan fingerprint density at radius 3 is 2.59 bits per heavy atom. The molecular weight excluding hydrogens is 467 g/mol. The molecule has 3 heterocycles. The molecule has 1 saturated carbocycles. The highest BCUT2D eigenvalue weighted by Crippen LogP contribution is 2.51. The van der Waals surface area contributed by atoms with Crippen LogP contribution in [0.4, 0.5) is 10.2 Å². The number of benzene rings is 2. The van der Waals surface area contributed by atoms with E-state index in [1.54, 1.807) is 47.9 Å². The first-order valence-electron chi connectivity index (χ1n) is 11.8. The maximum absolute atomic E-state index is 15.1. The summed E-state index contributed by atoms with van der Waals surface area (Å²) in [5, 5.41) is 11.5. The van der Waals surface area contributed by atoms with Gasteiger partial charge in [-0.15, -0.1) is 0 Å². The smallest absolute Gasteiger partial charge is 0.162 e. The number of halogens is 1. The molecule has 1 fully saturated rings. The van der Waals surface area contributed by atoms with Gasteiger partial charge in [0.2, 0.25) is 0 Å².